The molecule has 1 atom stereocenters. The highest BCUT2D eigenvalue weighted by Crippen LogP contribution is 2.30. The molecule has 0 saturated carbocycles. The zero-order valence-corrected chi connectivity index (χ0v) is 13.1. The summed E-state index contributed by atoms with van der Waals surface area (Å²) in [6.45, 7) is -0.984. The molecule has 1 saturated heterocycles. The van der Waals surface area contributed by atoms with Gasteiger partial charge in [0.25, 0.3) is 0 Å². The average Bonchev–Trinajstić information content (AvgIpc) is 2.95. The lowest BCUT2D eigenvalue weighted by Crippen LogP contribution is -2.40. The summed E-state index contributed by atoms with van der Waals surface area (Å²) in [5, 5.41) is 10.4. The van der Waals surface area contributed by atoms with Gasteiger partial charge in [-0.25, -0.2) is 0 Å². The Balaban J connectivity index is 1.97. The summed E-state index contributed by atoms with van der Waals surface area (Å²) in [7, 11) is 3.70. The second-order valence-electron chi connectivity index (χ2n) is 5.67. The first-order valence-electron chi connectivity index (χ1n) is 7.36. The van der Waals surface area contributed by atoms with Gasteiger partial charge < -0.3 is 15.1 Å². The summed E-state index contributed by atoms with van der Waals surface area (Å²) >= 11 is 0. The number of hydrogen-bond acceptors (Lipinski definition) is 5. The third kappa shape index (κ3) is 4.78. The van der Waals surface area contributed by atoms with Crippen LogP contribution in [0.5, 0.6) is 0 Å². The average molecular weight is 331 g/mol. The molecule has 2 heterocycles. The Kier molecular flexibility index (Phi) is 5.40. The number of carbonyl (C=O) groups is 1. The lowest BCUT2D eigenvalue weighted by atomic mass is 10.1. The second-order valence-corrected chi connectivity index (χ2v) is 5.67. The van der Waals surface area contributed by atoms with E-state index in [9.17, 15) is 18.0 Å². The van der Waals surface area contributed by atoms with E-state index in [1.165, 1.54) is 0 Å². The molecule has 0 radical (unpaired) electrons. The number of nitrogens with one attached hydrogen (secondary N) is 1. The molecule has 6 nitrogen and oxygen atoms in total. The van der Waals surface area contributed by atoms with Crippen LogP contribution in [0.4, 0.5) is 19.0 Å². The normalized spacial score (nSPS) is 18.3. The van der Waals surface area contributed by atoms with Gasteiger partial charge in [0.15, 0.2) is 5.82 Å². The van der Waals surface area contributed by atoms with Gasteiger partial charge in [0.1, 0.15) is 0 Å². The molecule has 128 valence electrons. The van der Waals surface area contributed by atoms with Crippen molar-refractivity contribution in [1.82, 2.24) is 20.4 Å². The molecule has 1 aromatic rings. The van der Waals surface area contributed by atoms with Crippen molar-refractivity contribution in [2.45, 2.75) is 25.1 Å². The van der Waals surface area contributed by atoms with Crippen molar-refractivity contribution >= 4 is 11.7 Å². The van der Waals surface area contributed by atoms with E-state index in [4.69, 9.17) is 0 Å². The molecule has 0 aromatic carbocycles. The van der Waals surface area contributed by atoms with E-state index in [1.807, 2.05) is 31.1 Å². The summed E-state index contributed by atoms with van der Waals surface area (Å²) in [6.07, 6.45) is -2.79. The number of alkyl halides is 3. The highest BCUT2D eigenvalue weighted by Gasteiger charge is 2.32. The fraction of sp³-hybridized carbons (Fsp3) is 0.643. The maximum atomic E-state index is 12.1. The van der Waals surface area contributed by atoms with Crippen molar-refractivity contribution in [3.05, 3.63) is 17.8 Å². The van der Waals surface area contributed by atoms with Crippen LogP contribution < -0.4 is 10.2 Å². The topological polar surface area (TPSA) is 61.4 Å². The number of aromatic nitrogens is 2. The molecule has 1 aliphatic heterocycles. The summed E-state index contributed by atoms with van der Waals surface area (Å²) < 4.78 is 36.4. The van der Waals surface area contributed by atoms with E-state index in [1.54, 1.807) is 4.90 Å². The summed E-state index contributed by atoms with van der Waals surface area (Å²) in [5.41, 5.74) is 0.664. The molecule has 1 amide bonds. The maximum Gasteiger partial charge on any atom is 0.401 e. The Hall–Kier alpha value is -1.90. The molecule has 1 fully saturated rings. The SMILES string of the molecule is CN(C)c1ccc(C2CCCN2C(=O)CNCC(F)(F)F)nn1. The first kappa shape index (κ1) is 17.5. The minimum Gasteiger partial charge on any atom is -0.361 e. The largest absolute Gasteiger partial charge is 0.401 e. The fourth-order valence-corrected chi connectivity index (χ4v) is 2.54. The Labute approximate surface area is 132 Å². The first-order valence-corrected chi connectivity index (χ1v) is 7.36. The summed E-state index contributed by atoms with van der Waals surface area (Å²) in [4.78, 5) is 15.5. The predicted molar refractivity (Wildman–Crippen MR) is 79.0 cm³/mol. The van der Waals surface area contributed by atoms with Crippen LogP contribution >= 0.6 is 0 Å². The summed E-state index contributed by atoms with van der Waals surface area (Å²) in [5.74, 6) is 0.353. The first-order chi connectivity index (χ1) is 10.8. The minimum absolute atomic E-state index is 0.223. The molecule has 1 unspecified atom stereocenters. The van der Waals surface area contributed by atoms with Crippen LogP contribution in [0.1, 0.15) is 24.6 Å². The number of amides is 1. The Bertz CT molecular complexity index is 532. The Morgan fingerprint density at radius 2 is 2.13 bits per heavy atom. The molecular formula is C14H20F3N5O. The number of hydrogen-bond donors (Lipinski definition) is 1. The zero-order valence-electron chi connectivity index (χ0n) is 13.1. The number of rotatable bonds is 5. The van der Waals surface area contributed by atoms with Gasteiger partial charge in [0, 0.05) is 20.6 Å². The van der Waals surface area contributed by atoms with Crippen molar-refractivity contribution in [1.29, 1.82) is 0 Å². The molecule has 0 bridgehead atoms. The van der Waals surface area contributed by atoms with E-state index >= 15 is 0 Å². The van der Waals surface area contributed by atoms with E-state index in [2.05, 4.69) is 15.5 Å². The Morgan fingerprint density at radius 3 is 2.70 bits per heavy atom. The molecule has 0 spiro atoms. The second kappa shape index (κ2) is 7.12. The van der Waals surface area contributed by atoms with Gasteiger partial charge in [-0.2, -0.15) is 18.3 Å². The highest BCUT2D eigenvalue weighted by molar-refractivity contribution is 5.79. The number of likely N-dealkylation sites (tertiary alicyclic amines) is 1. The van der Waals surface area contributed by atoms with Gasteiger partial charge in [-0.3, -0.25) is 4.79 Å². The van der Waals surface area contributed by atoms with Crippen molar-refractivity contribution < 1.29 is 18.0 Å². The third-order valence-electron chi connectivity index (χ3n) is 3.65. The smallest absolute Gasteiger partial charge is 0.361 e. The fourth-order valence-electron chi connectivity index (χ4n) is 2.54. The maximum absolute atomic E-state index is 12.1. The molecule has 1 aliphatic rings. The van der Waals surface area contributed by atoms with Crippen molar-refractivity contribution in [2.75, 3.05) is 38.6 Å². The van der Waals surface area contributed by atoms with E-state index < -0.39 is 12.7 Å². The number of nitrogens with zero attached hydrogens (tertiary/aromatic N) is 4. The number of halogens is 3. The lowest BCUT2D eigenvalue weighted by molar-refractivity contribution is -0.135. The van der Waals surface area contributed by atoms with Gasteiger partial charge in [-0.05, 0) is 25.0 Å². The van der Waals surface area contributed by atoms with Gasteiger partial charge >= 0.3 is 6.18 Å². The molecule has 1 N–H and O–H groups in total. The van der Waals surface area contributed by atoms with E-state index in [0.717, 1.165) is 12.8 Å². The monoisotopic (exact) mass is 331 g/mol. The molecular weight excluding hydrogens is 311 g/mol. The van der Waals surface area contributed by atoms with Crippen LogP contribution in [0.25, 0.3) is 0 Å². The zero-order chi connectivity index (χ0) is 17.0. The quantitative estimate of drug-likeness (QED) is 0.883. The summed E-state index contributed by atoms with van der Waals surface area (Å²) in [6, 6.07) is 3.39. The predicted octanol–water partition coefficient (Wildman–Crippen LogP) is 1.36. The standard InChI is InChI=1S/C14H20F3N5O/c1-21(2)12-6-5-10(19-20-12)11-4-3-7-22(11)13(23)8-18-9-14(15,16)17/h5-6,11,18H,3-4,7-9H2,1-2H3. The van der Waals surface area contributed by atoms with Gasteiger partial charge in [-0.15, -0.1) is 5.10 Å². The third-order valence-corrected chi connectivity index (χ3v) is 3.65. The highest BCUT2D eigenvalue weighted by atomic mass is 19.4. The molecule has 23 heavy (non-hydrogen) atoms. The van der Waals surface area contributed by atoms with Crippen molar-refractivity contribution in [3.63, 3.8) is 0 Å². The van der Waals surface area contributed by atoms with E-state index in [0.29, 0.717) is 18.1 Å². The van der Waals surface area contributed by atoms with Crippen LogP contribution in [0.15, 0.2) is 12.1 Å². The van der Waals surface area contributed by atoms with Gasteiger partial charge in [-0.1, -0.05) is 0 Å². The van der Waals surface area contributed by atoms with Gasteiger partial charge in [0.05, 0.1) is 24.8 Å². The van der Waals surface area contributed by atoms with Gasteiger partial charge in [0.2, 0.25) is 5.91 Å². The Morgan fingerprint density at radius 1 is 1.39 bits per heavy atom. The van der Waals surface area contributed by atoms with Crippen molar-refractivity contribution in [2.24, 2.45) is 0 Å². The number of carbonyl (C=O) groups excluding carboxylic acids is 1. The van der Waals surface area contributed by atoms with Crippen LogP contribution in [0, 0.1) is 0 Å². The van der Waals surface area contributed by atoms with E-state index in [-0.39, 0.29) is 18.5 Å². The van der Waals surface area contributed by atoms with Crippen LogP contribution in [-0.2, 0) is 4.79 Å². The molecule has 9 heteroatoms. The lowest BCUT2D eigenvalue weighted by Gasteiger charge is -2.24. The van der Waals surface area contributed by atoms with Crippen LogP contribution in [-0.4, -0.2) is 60.9 Å². The van der Waals surface area contributed by atoms with Crippen LogP contribution in [0.2, 0.25) is 0 Å². The molecule has 0 aliphatic carbocycles. The molecule has 1 aromatic heterocycles. The number of anilines is 1. The van der Waals surface area contributed by atoms with Crippen molar-refractivity contribution in [3.8, 4) is 0 Å². The molecule has 2 rings (SSSR count). The van der Waals surface area contributed by atoms with Crippen LogP contribution in [0.3, 0.4) is 0 Å². The minimum atomic E-state index is -4.32.